The number of hydrogen-bond acceptors (Lipinski definition) is 8. The molecule has 10 nitrogen and oxygen atoms in total. The Kier molecular flexibility index (Phi) is 13.5. The predicted octanol–water partition coefficient (Wildman–Crippen LogP) is 6.46. The molecule has 2 fully saturated rings. The summed E-state index contributed by atoms with van der Waals surface area (Å²) >= 11 is 0. The van der Waals surface area contributed by atoms with Gasteiger partial charge in [-0.2, -0.15) is 20.7 Å². The van der Waals surface area contributed by atoms with Gasteiger partial charge in [0.15, 0.2) is 0 Å². The zero-order chi connectivity index (χ0) is 35.3. The van der Waals surface area contributed by atoms with Crippen LogP contribution in [0.5, 0.6) is 11.5 Å². The van der Waals surface area contributed by atoms with Gasteiger partial charge in [0.25, 0.3) is 0 Å². The lowest BCUT2D eigenvalue weighted by molar-refractivity contribution is 0.339. The van der Waals surface area contributed by atoms with Crippen molar-refractivity contribution in [3.63, 3.8) is 0 Å². The molecule has 2 aliphatic rings. The molecule has 2 aromatic carbocycles. The van der Waals surface area contributed by atoms with Crippen molar-refractivity contribution in [1.82, 2.24) is 30.2 Å². The third kappa shape index (κ3) is 9.32. The number of rotatable bonds is 12. The zero-order valence-corrected chi connectivity index (χ0v) is 30.2. The summed E-state index contributed by atoms with van der Waals surface area (Å²) in [6.07, 6.45) is 6.20. The molecule has 2 aromatic heterocycles. The van der Waals surface area contributed by atoms with E-state index in [0.29, 0.717) is 47.7 Å². The monoisotopic (exact) mass is 676 g/mol. The quantitative estimate of drug-likeness (QED) is 0.175. The second-order valence-corrected chi connectivity index (χ2v) is 12.9. The van der Waals surface area contributed by atoms with Crippen molar-refractivity contribution in [2.75, 3.05) is 39.4 Å². The molecule has 10 heteroatoms. The molecular weight excluding hydrogens is 624 g/mol. The lowest BCUT2D eigenvalue weighted by Crippen LogP contribution is -2.27. The Balaban J connectivity index is 0.000000194. The highest BCUT2D eigenvalue weighted by molar-refractivity contribution is 5.47. The van der Waals surface area contributed by atoms with E-state index in [2.05, 4.69) is 58.1 Å². The highest BCUT2D eigenvalue weighted by Crippen LogP contribution is 2.29. The third-order valence-corrected chi connectivity index (χ3v) is 9.54. The average molecular weight is 677 g/mol. The fourth-order valence-electron chi connectivity index (χ4n) is 7.06. The van der Waals surface area contributed by atoms with Gasteiger partial charge >= 0.3 is 0 Å². The topological polar surface area (TPSA) is 126 Å². The molecule has 2 aliphatic heterocycles. The van der Waals surface area contributed by atoms with Crippen molar-refractivity contribution in [1.29, 1.82) is 10.5 Å². The van der Waals surface area contributed by atoms with Crippen molar-refractivity contribution in [2.24, 2.45) is 0 Å². The number of aryl methyl sites for hydroxylation is 2. The van der Waals surface area contributed by atoms with E-state index < -0.39 is 0 Å². The van der Waals surface area contributed by atoms with Gasteiger partial charge in [0.1, 0.15) is 23.6 Å². The van der Waals surface area contributed by atoms with E-state index in [1.54, 1.807) is 0 Å². The van der Waals surface area contributed by atoms with Crippen molar-refractivity contribution in [3.05, 3.63) is 93.6 Å². The second-order valence-electron chi connectivity index (χ2n) is 12.9. The Morgan fingerprint density at radius 1 is 0.640 bits per heavy atom. The lowest BCUT2D eigenvalue weighted by Gasteiger charge is -2.23. The predicted molar refractivity (Wildman–Crippen MR) is 196 cm³/mol. The van der Waals surface area contributed by atoms with Crippen LogP contribution in [0.2, 0.25) is 0 Å². The molecule has 0 aliphatic carbocycles. The Morgan fingerprint density at radius 3 is 1.60 bits per heavy atom. The first kappa shape index (κ1) is 36.6. The Hall–Kier alpha value is -4.64. The van der Waals surface area contributed by atoms with Crippen LogP contribution in [0, 0.1) is 22.7 Å². The third-order valence-electron chi connectivity index (χ3n) is 9.54. The van der Waals surface area contributed by atoms with E-state index in [0.717, 1.165) is 74.6 Å². The number of hydrogen-bond donors (Lipinski definition) is 2. The molecule has 0 amide bonds. The maximum absolute atomic E-state index is 9.34. The fourth-order valence-corrected chi connectivity index (χ4v) is 7.06. The van der Waals surface area contributed by atoms with Crippen molar-refractivity contribution in [3.8, 4) is 23.6 Å². The largest absolute Gasteiger partial charge is 0.492 e. The number of nitrogens with one attached hydrogen (secondary N) is 2. The Labute approximate surface area is 297 Å². The molecule has 4 aromatic rings. The first-order chi connectivity index (χ1) is 24.5. The lowest BCUT2D eigenvalue weighted by atomic mass is 9.94. The Morgan fingerprint density at radius 2 is 1.12 bits per heavy atom. The maximum Gasteiger partial charge on any atom is 0.137 e. The maximum atomic E-state index is 9.34. The van der Waals surface area contributed by atoms with E-state index in [4.69, 9.17) is 19.7 Å². The van der Waals surface area contributed by atoms with Crippen LogP contribution in [0.15, 0.2) is 48.5 Å². The summed E-state index contributed by atoms with van der Waals surface area (Å²) in [5, 5.41) is 35.0. The van der Waals surface area contributed by atoms with Crippen LogP contribution in [0.25, 0.3) is 0 Å². The normalized spacial score (nSPS) is 15.1. The fraction of sp³-hybridized carbons (Fsp3) is 0.500. The molecule has 0 spiro atoms. The van der Waals surface area contributed by atoms with Crippen LogP contribution in [0.4, 0.5) is 0 Å². The smallest absolute Gasteiger partial charge is 0.137 e. The highest BCUT2D eigenvalue weighted by atomic mass is 16.5. The summed E-state index contributed by atoms with van der Waals surface area (Å²) < 4.78 is 15.4. The van der Waals surface area contributed by atoms with Crippen molar-refractivity contribution in [2.45, 2.75) is 91.1 Å². The minimum absolute atomic E-state index is 0.558. The van der Waals surface area contributed by atoms with Crippen LogP contribution in [0.3, 0.4) is 0 Å². The number of piperidine rings is 2. The standard InChI is InChI=1S/2C20H26N4O/c1-3-24-19(16-7-9-22-10-8-16)13-18(23-24)12-15-5-6-20(25-4-2)17(11-15)14-21;1-3-24-19(16-7-9-22-10-8-16)13-18(23-24)11-15-5-6-17(14-21)20(12-15)25-4-2/h5-6,11,13,16,22H,3-4,7-10,12H2,1-2H3;5-6,12-13,16,22H,3-4,7-11H2,1-2H3. The van der Waals surface area contributed by atoms with Gasteiger partial charge in [-0.25, -0.2) is 0 Å². The van der Waals surface area contributed by atoms with E-state index in [9.17, 15) is 10.5 Å². The van der Waals surface area contributed by atoms with Crippen LogP contribution in [0.1, 0.15) is 110 Å². The van der Waals surface area contributed by atoms with Crippen LogP contribution in [-0.4, -0.2) is 59.0 Å². The molecule has 0 radical (unpaired) electrons. The van der Waals surface area contributed by atoms with Gasteiger partial charge in [-0.1, -0.05) is 12.1 Å². The summed E-state index contributed by atoms with van der Waals surface area (Å²) in [7, 11) is 0. The first-order valence-corrected chi connectivity index (χ1v) is 18.4. The number of nitrogens with zero attached hydrogens (tertiary/aromatic N) is 6. The number of ether oxygens (including phenoxy) is 2. The van der Waals surface area contributed by atoms with Crippen molar-refractivity contribution >= 4 is 0 Å². The van der Waals surface area contributed by atoms with Crippen LogP contribution in [-0.2, 0) is 25.9 Å². The molecule has 264 valence electrons. The minimum atomic E-state index is 0.558. The summed E-state index contributed by atoms with van der Waals surface area (Å²) in [6.45, 7) is 15.4. The van der Waals surface area contributed by atoms with E-state index in [1.807, 2.05) is 50.2 Å². The van der Waals surface area contributed by atoms with E-state index in [-0.39, 0.29) is 0 Å². The molecule has 0 unspecified atom stereocenters. The number of aromatic nitrogens is 4. The van der Waals surface area contributed by atoms with Gasteiger partial charge in [-0.3, -0.25) is 9.36 Å². The van der Waals surface area contributed by atoms with Crippen LogP contribution >= 0.6 is 0 Å². The summed E-state index contributed by atoms with van der Waals surface area (Å²) in [4.78, 5) is 0. The molecule has 2 saturated heterocycles. The molecule has 2 N–H and O–H groups in total. The summed E-state index contributed by atoms with van der Waals surface area (Å²) in [5.74, 6) is 2.51. The Bertz CT molecular complexity index is 1770. The minimum Gasteiger partial charge on any atom is -0.492 e. The summed E-state index contributed by atoms with van der Waals surface area (Å²) in [5.41, 5.74) is 8.26. The number of nitriles is 2. The van der Waals surface area contributed by atoms with Gasteiger partial charge < -0.3 is 20.1 Å². The molecule has 0 bridgehead atoms. The molecular formula is C40H52N8O2. The SMILES string of the molecule is CCOc1cc(Cc2cc(C3CCNCC3)n(CC)n2)ccc1C#N.CCOc1ccc(Cc2cc(C3CCNCC3)n(CC)n2)cc1C#N. The molecule has 0 saturated carbocycles. The molecule has 4 heterocycles. The highest BCUT2D eigenvalue weighted by Gasteiger charge is 2.22. The second kappa shape index (κ2) is 18.4. The van der Waals surface area contributed by atoms with Gasteiger partial charge in [0.05, 0.1) is 35.7 Å². The zero-order valence-electron chi connectivity index (χ0n) is 30.2. The first-order valence-electron chi connectivity index (χ1n) is 18.4. The van der Waals surface area contributed by atoms with Gasteiger partial charge in [-0.15, -0.1) is 0 Å². The van der Waals surface area contributed by atoms with Crippen molar-refractivity contribution < 1.29 is 9.47 Å². The molecule has 0 atom stereocenters. The van der Waals surface area contributed by atoms with Gasteiger partial charge in [0, 0.05) is 49.2 Å². The van der Waals surface area contributed by atoms with Crippen LogP contribution < -0.4 is 20.1 Å². The molecule has 6 rings (SSSR count). The number of benzene rings is 2. The van der Waals surface area contributed by atoms with E-state index >= 15 is 0 Å². The van der Waals surface area contributed by atoms with E-state index in [1.165, 1.54) is 37.1 Å². The summed E-state index contributed by atoms with van der Waals surface area (Å²) in [6, 6.07) is 20.6. The molecule has 50 heavy (non-hydrogen) atoms. The average Bonchev–Trinajstić information content (AvgIpc) is 3.77. The van der Waals surface area contributed by atoms with Gasteiger partial charge in [-0.05, 0) is 127 Å². The van der Waals surface area contributed by atoms with Gasteiger partial charge in [0.2, 0.25) is 0 Å².